The first-order valence-electron chi connectivity index (χ1n) is 5.71. The van der Waals surface area contributed by atoms with Crippen LogP contribution < -0.4 is 5.73 Å². The van der Waals surface area contributed by atoms with E-state index in [-0.39, 0.29) is 6.54 Å². The number of nitrogens with zero attached hydrogens (tertiary/aromatic N) is 1. The van der Waals surface area contributed by atoms with E-state index >= 15 is 0 Å². The van der Waals surface area contributed by atoms with Crippen LogP contribution in [0.3, 0.4) is 0 Å². The van der Waals surface area contributed by atoms with Crippen LogP contribution in [0, 0.1) is 0 Å². The summed E-state index contributed by atoms with van der Waals surface area (Å²) in [7, 11) is 0. The zero-order chi connectivity index (χ0) is 12.5. The summed E-state index contributed by atoms with van der Waals surface area (Å²) in [6, 6.07) is 1.47. The van der Waals surface area contributed by atoms with E-state index in [0.29, 0.717) is 5.56 Å². The molecule has 2 nitrogen and oxygen atoms in total. The first-order chi connectivity index (χ1) is 7.99. The van der Waals surface area contributed by atoms with E-state index in [4.69, 9.17) is 5.73 Å². The molecule has 2 N–H and O–H groups in total. The lowest BCUT2D eigenvalue weighted by atomic mass is 9.77. The largest absolute Gasteiger partial charge is 0.418 e. The van der Waals surface area contributed by atoms with Crippen LogP contribution in [0.1, 0.15) is 36.8 Å². The van der Waals surface area contributed by atoms with E-state index in [9.17, 15) is 13.2 Å². The number of halogens is 3. The summed E-state index contributed by atoms with van der Waals surface area (Å²) in [6.45, 7) is 0.264. The second-order valence-electron chi connectivity index (χ2n) is 4.61. The predicted octanol–water partition coefficient (Wildman–Crippen LogP) is 2.87. The van der Waals surface area contributed by atoms with Crippen LogP contribution in [-0.4, -0.2) is 11.5 Å². The fourth-order valence-electron chi connectivity index (χ4n) is 2.72. The number of nitrogens with two attached hydrogens (primary N) is 1. The standard InChI is InChI=1S/C12H15F3N2/c13-12(14,15)10-7-17-6-3-9(10)11(8-16)4-1-2-5-11/h3,6-7H,1-2,4-5,8,16H2. The molecule has 0 radical (unpaired) electrons. The number of hydrogen-bond donors (Lipinski definition) is 1. The van der Waals surface area contributed by atoms with Gasteiger partial charge < -0.3 is 5.73 Å². The maximum atomic E-state index is 12.9. The highest BCUT2D eigenvalue weighted by atomic mass is 19.4. The van der Waals surface area contributed by atoms with Crippen molar-refractivity contribution in [2.75, 3.05) is 6.54 Å². The average Bonchev–Trinajstić information content (AvgIpc) is 2.78. The predicted molar refractivity (Wildman–Crippen MR) is 58.4 cm³/mol. The first-order valence-corrected chi connectivity index (χ1v) is 5.71. The van der Waals surface area contributed by atoms with Gasteiger partial charge in [-0.2, -0.15) is 13.2 Å². The number of aromatic nitrogens is 1. The van der Waals surface area contributed by atoms with Gasteiger partial charge in [-0.3, -0.25) is 4.98 Å². The lowest BCUT2D eigenvalue weighted by Gasteiger charge is -2.30. The number of rotatable bonds is 2. The Morgan fingerprint density at radius 3 is 2.47 bits per heavy atom. The van der Waals surface area contributed by atoms with Crippen molar-refractivity contribution >= 4 is 0 Å². The first kappa shape index (κ1) is 12.4. The van der Waals surface area contributed by atoms with Gasteiger partial charge in [-0.1, -0.05) is 12.8 Å². The molecule has 5 heteroatoms. The fraction of sp³-hybridized carbons (Fsp3) is 0.583. The molecular formula is C12H15F3N2. The van der Waals surface area contributed by atoms with Gasteiger partial charge >= 0.3 is 6.18 Å². The Morgan fingerprint density at radius 2 is 1.94 bits per heavy atom. The molecule has 0 aromatic carbocycles. The summed E-state index contributed by atoms with van der Waals surface area (Å²) < 4.78 is 38.8. The minimum Gasteiger partial charge on any atom is -0.330 e. The molecule has 17 heavy (non-hydrogen) atoms. The zero-order valence-corrected chi connectivity index (χ0v) is 9.43. The van der Waals surface area contributed by atoms with Gasteiger partial charge in [0.05, 0.1) is 5.56 Å². The molecule has 1 heterocycles. The Bertz CT molecular complexity index is 395. The maximum absolute atomic E-state index is 12.9. The Labute approximate surface area is 98.0 Å². The number of hydrogen-bond acceptors (Lipinski definition) is 2. The van der Waals surface area contributed by atoms with Crippen molar-refractivity contribution in [2.24, 2.45) is 5.73 Å². The third-order valence-corrected chi connectivity index (χ3v) is 3.65. The highest BCUT2D eigenvalue weighted by molar-refractivity contribution is 5.35. The van der Waals surface area contributed by atoms with Crippen molar-refractivity contribution < 1.29 is 13.2 Å². The molecule has 0 aliphatic heterocycles. The van der Waals surface area contributed by atoms with Crippen LogP contribution in [-0.2, 0) is 11.6 Å². The lowest BCUT2D eigenvalue weighted by Crippen LogP contribution is -2.34. The molecule has 2 rings (SSSR count). The molecule has 1 aliphatic carbocycles. The second-order valence-corrected chi connectivity index (χ2v) is 4.61. The van der Waals surface area contributed by atoms with Gasteiger partial charge in [0.15, 0.2) is 0 Å². The molecule has 1 saturated carbocycles. The Hall–Kier alpha value is -1.10. The Balaban J connectivity index is 2.51. The van der Waals surface area contributed by atoms with Crippen LogP contribution in [0.4, 0.5) is 13.2 Å². The molecule has 1 aromatic heterocycles. The van der Waals surface area contributed by atoms with Gasteiger partial charge in [0.1, 0.15) is 0 Å². The number of alkyl halides is 3. The molecule has 0 saturated heterocycles. The molecule has 0 atom stereocenters. The highest BCUT2D eigenvalue weighted by Crippen LogP contribution is 2.45. The normalized spacial score (nSPS) is 19.5. The smallest absolute Gasteiger partial charge is 0.330 e. The third-order valence-electron chi connectivity index (χ3n) is 3.65. The second kappa shape index (κ2) is 4.29. The lowest BCUT2D eigenvalue weighted by molar-refractivity contribution is -0.139. The van der Waals surface area contributed by atoms with E-state index in [1.54, 1.807) is 0 Å². The van der Waals surface area contributed by atoms with Gasteiger partial charge in [0.25, 0.3) is 0 Å². The molecule has 94 valence electrons. The van der Waals surface area contributed by atoms with E-state index in [1.165, 1.54) is 12.3 Å². The van der Waals surface area contributed by atoms with Crippen LogP contribution in [0.25, 0.3) is 0 Å². The summed E-state index contributed by atoms with van der Waals surface area (Å²) in [5.41, 5.74) is 4.91. The molecular weight excluding hydrogens is 229 g/mol. The fourth-order valence-corrected chi connectivity index (χ4v) is 2.72. The number of pyridine rings is 1. The van der Waals surface area contributed by atoms with E-state index in [1.807, 2.05) is 0 Å². The molecule has 0 unspecified atom stereocenters. The molecule has 1 fully saturated rings. The van der Waals surface area contributed by atoms with Crippen LogP contribution >= 0.6 is 0 Å². The van der Waals surface area contributed by atoms with Crippen molar-refractivity contribution in [1.29, 1.82) is 0 Å². The monoisotopic (exact) mass is 244 g/mol. The summed E-state index contributed by atoms with van der Waals surface area (Å²) >= 11 is 0. The van der Waals surface area contributed by atoms with Crippen molar-refractivity contribution in [3.8, 4) is 0 Å². The molecule has 0 bridgehead atoms. The summed E-state index contributed by atoms with van der Waals surface area (Å²) in [6.07, 6.45) is 1.32. The van der Waals surface area contributed by atoms with Crippen molar-refractivity contribution in [3.05, 3.63) is 29.6 Å². The van der Waals surface area contributed by atoms with E-state index in [2.05, 4.69) is 4.98 Å². The van der Waals surface area contributed by atoms with Gasteiger partial charge in [0.2, 0.25) is 0 Å². The molecule has 1 aromatic rings. The highest BCUT2D eigenvalue weighted by Gasteiger charge is 2.42. The third kappa shape index (κ3) is 2.16. The summed E-state index contributed by atoms with van der Waals surface area (Å²) in [5, 5.41) is 0. The van der Waals surface area contributed by atoms with Crippen LogP contribution in [0.15, 0.2) is 18.5 Å². The topological polar surface area (TPSA) is 38.9 Å². The molecule has 0 spiro atoms. The quantitative estimate of drug-likeness (QED) is 0.868. The summed E-state index contributed by atoms with van der Waals surface area (Å²) in [5.74, 6) is 0. The van der Waals surface area contributed by atoms with Crippen molar-refractivity contribution in [1.82, 2.24) is 4.98 Å². The minimum atomic E-state index is -4.35. The van der Waals surface area contributed by atoms with Gasteiger partial charge in [0, 0.05) is 24.4 Å². The Kier molecular flexibility index (Phi) is 3.12. The van der Waals surface area contributed by atoms with Crippen molar-refractivity contribution in [3.63, 3.8) is 0 Å². The van der Waals surface area contributed by atoms with Gasteiger partial charge in [-0.05, 0) is 24.5 Å². The SMILES string of the molecule is NCC1(c2ccncc2C(F)(F)F)CCCC1. The van der Waals surface area contributed by atoms with Crippen molar-refractivity contribution in [2.45, 2.75) is 37.3 Å². The summed E-state index contributed by atoms with van der Waals surface area (Å²) in [4.78, 5) is 3.59. The minimum absolute atomic E-state index is 0.264. The Morgan fingerprint density at radius 1 is 1.29 bits per heavy atom. The van der Waals surface area contributed by atoms with Crippen LogP contribution in [0.5, 0.6) is 0 Å². The molecule has 0 amide bonds. The average molecular weight is 244 g/mol. The van der Waals surface area contributed by atoms with Gasteiger partial charge in [-0.15, -0.1) is 0 Å². The van der Waals surface area contributed by atoms with Gasteiger partial charge in [-0.25, -0.2) is 0 Å². The maximum Gasteiger partial charge on any atom is 0.418 e. The molecule has 1 aliphatic rings. The van der Waals surface area contributed by atoms with E-state index in [0.717, 1.165) is 31.9 Å². The van der Waals surface area contributed by atoms with E-state index < -0.39 is 17.2 Å². The van der Waals surface area contributed by atoms with Crippen LogP contribution in [0.2, 0.25) is 0 Å². The zero-order valence-electron chi connectivity index (χ0n) is 9.43.